The lowest BCUT2D eigenvalue weighted by molar-refractivity contribution is -0.131. The molecule has 1 fully saturated rings. The van der Waals surface area contributed by atoms with Gasteiger partial charge in [0.2, 0.25) is 5.91 Å². The summed E-state index contributed by atoms with van der Waals surface area (Å²) in [4.78, 5) is 17.9. The van der Waals surface area contributed by atoms with Crippen LogP contribution in [0.2, 0.25) is 4.34 Å². The molecular weight excluding hydrogens is 384 g/mol. The smallest absolute Gasteiger partial charge is 0.236 e. The highest BCUT2D eigenvalue weighted by Gasteiger charge is 2.29. The van der Waals surface area contributed by atoms with Crippen LogP contribution in [0.1, 0.15) is 29.3 Å². The van der Waals surface area contributed by atoms with Gasteiger partial charge < -0.3 is 14.4 Å². The molecule has 0 aliphatic carbocycles. The Morgan fingerprint density at radius 2 is 2.07 bits per heavy atom. The minimum absolute atomic E-state index is 0.129. The molecule has 0 radical (unpaired) electrons. The zero-order chi connectivity index (χ0) is 18.8. The lowest BCUT2D eigenvalue weighted by Gasteiger charge is -2.27. The van der Waals surface area contributed by atoms with Gasteiger partial charge in [-0.2, -0.15) is 0 Å². The highest BCUT2D eigenvalue weighted by atomic mass is 35.5. The molecule has 4 rings (SSSR count). The number of carbonyl (C=O) groups excluding carboxylic acids is 1. The van der Waals surface area contributed by atoms with Crippen LogP contribution in [0, 0.1) is 0 Å². The van der Waals surface area contributed by atoms with Crippen LogP contribution in [0.4, 0.5) is 0 Å². The summed E-state index contributed by atoms with van der Waals surface area (Å²) in [6.07, 6.45) is 2.15. The van der Waals surface area contributed by atoms with E-state index in [9.17, 15) is 4.79 Å². The van der Waals surface area contributed by atoms with Crippen molar-refractivity contribution in [2.24, 2.45) is 0 Å². The summed E-state index contributed by atoms with van der Waals surface area (Å²) in [5.41, 5.74) is 1.19. The molecule has 5 nitrogen and oxygen atoms in total. The van der Waals surface area contributed by atoms with Crippen molar-refractivity contribution in [2.45, 2.75) is 25.4 Å². The maximum atomic E-state index is 12.7. The maximum absolute atomic E-state index is 12.7. The van der Waals surface area contributed by atoms with E-state index in [0.29, 0.717) is 26.3 Å². The topological polar surface area (TPSA) is 42.0 Å². The van der Waals surface area contributed by atoms with Gasteiger partial charge in [0.25, 0.3) is 0 Å². The predicted octanol–water partition coefficient (Wildman–Crippen LogP) is 3.97. The van der Waals surface area contributed by atoms with Crippen LogP contribution in [0.5, 0.6) is 11.5 Å². The van der Waals surface area contributed by atoms with Gasteiger partial charge in [-0.15, -0.1) is 11.3 Å². The molecule has 0 bridgehead atoms. The van der Waals surface area contributed by atoms with Gasteiger partial charge in [-0.3, -0.25) is 9.69 Å². The minimum atomic E-state index is 0.129. The van der Waals surface area contributed by atoms with Crippen LogP contribution in [-0.4, -0.2) is 49.1 Å². The van der Waals surface area contributed by atoms with E-state index in [4.69, 9.17) is 21.1 Å². The Bertz CT molecular complexity index is 825. The molecule has 1 aromatic heterocycles. The fourth-order valence-corrected chi connectivity index (χ4v) is 4.85. The van der Waals surface area contributed by atoms with Gasteiger partial charge in [-0.25, -0.2) is 0 Å². The number of likely N-dealkylation sites (N-methyl/N-ethyl adjacent to an activating group) is 1. The molecule has 2 aliphatic heterocycles. The molecule has 2 aliphatic rings. The standard InChI is InChI=1S/C20H23ClN2O3S/c1-22(12-15-5-7-19(21)27-15)20(24)13-23-8-2-3-16(23)14-4-6-17-18(11-14)26-10-9-25-17/h4-7,11,16H,2-3,8-10,12-13H2,1H3. The van der Waals surface area contributed by atoms with Gasteiger partial charge in [-0.1, -0.05) is 17.7 Å². The number of amides is 1. The first-order chi connectivity index (χ1) is 13.1. The summed E-state index contributed by atoms with van der Waals surface area (Å²) in [7, 11) is 1.85. The third-order valence-electron chi connectivity index (χ3n) is 5.10. The van der Waals surface area contributed by atoms with E-state index in [2.05, 4.69) is 17.0 Å². The molecule has 1 unspecified atom stereocenters. The number of hydrogen-bond donors (Lipinski definition) is 0. The lowest BCUT2D eigenvalue weighted by atomic mass is 10.0. The quantitative estimate of drug-likeness (QED) is 0.753. The zero-order valence-electron chi connectivity index (χ0n) is 15.3. The fraction of sp³-hybridized carbons (Fsp3) is 0.450. The summed E-state index contributed by atoms with van der Waals surface area (Å²) in [5.74, 6) is 1.74. The molecule has 1 atom stereocenters. The number of benzene rings is 1. The van der Waals surface area contributed by atoms with Gasteiger partial charge in [-0.05, 0) is 49.2 Å². The van der Waals surface area contributed by atoms with Gasteiger partial charge in [0.1, 0.15) is 13.2 Å². The first-order valence-electron chi connectivity index (χ1n) is 9.22. The highest BCUT2D eigenvalue weighted by Crippen LogP contribution is 2.38. The minimum Gasteiger partial charge on any atom is -0.486 e. The van der Waals surface area contributed by atoms with Crippen LogP contribution < -0.4 is 9.47 Å². The van der Waals surface area contributed by atoms with Crippen molar-refractivity contribution in [3.05, 3.63) is 45.1 Å². The lowest BCUT2D eigenvalue weighted by Crippen LogP contribution is -2.37. The Balaban J connectivity index is 1.41. The number of hydrogen-bond acceptors (Lipinski definition) is 5. The number of likely N-dealkylation sites (tertiary alicyclic amines) is 1. The Kier molecular flexibility index (Phi) is 5.57. The number of thiophene rings is 1. The Morgan fingerprint density at radius 1 is 1.26 bits per heavy atom. The van der Waals surface area contributed by atoms with Crippen molar-refractivity contribution in [1.29, 1.82) is 0 Å². The molecule has 0 spiro atoms. The number of nitrogens with zero attached hydrogens (tertiary/aromatic N) is 2. The monoisotopic (exact) mass is 406 g/mol. The first-order valence-corrected chi connectivity index (χ1v) is 10.4. The van der Waals surface area contributed by atoms with Gasteiger partial charge in [0, 0.05) is 18.0 Å². The Hall–Kier alpha value is -1.76. The molecule has 144 valence electrons. The summed E-state index contributed by atoms with van der Waals surface area (Å²) in [5, 5.41) is 0. The fourth-order valence-electron chi connectivity index (χ4n) is 3.71. The number of ether oxygens (including phenoxy) is 2. The molecule has 3 heterocycles. The predicted molar refractivity (Wildman–Crippen MR) is 107 cm³/mol. The van der Waals surface area contributed by atoms with Crippen LogP contribution in [0.15, 0.2) is 30.3 Å². The average Bonchev–Trinajstić information content (AvgIpc) is 3.30. The Labute approximate surface area is 168 Å². The summed E-state index contributed by atoms with van der Waals surface area (Å²) in [6.45, 7) is 3.13. The summed E-state index contributed by atoms with van der Waals surface area (Å²) < 4.78 is 12.1. The molecule has 1 aromatic carbocycles. The second-order valence-corrected chi connectivity index (χ2v) is 8.79. The first kappa shape index (κ1) is 18.6. The molecule has 1 amide bonds. The summed E-state index contributed by atoms with van der Waals surface area (Å²) in [6, 6.07) is 10.2. The van der Waals surface area contributed by atoms with Gasteiger partial charge in [0.05, 0.1) is 17.4 Å². The van der Waals surface area contributed by atoms with Crippen molar-refractivity contribution in [3.8, 4) is 11.5 Å². The number of halogens is 1. The van der Waals surface area contributed by atoms with Crippen LogP contribution >= 0.6 is 22.9 Å². The molecule has 7 heteroatoms. The molecular formula is C20H23ClN2O3S. The van der Waals surface area contributed by atoms with E-state index in [1.54, 1.807) is 4.90 Å². The van der Waals surface area contributed by atoms with Crippen molar-refractivity contribution >= 4 is 28.8 Å². The van der Waals surface area contributed by atoms with Crippen molar-refractivity contribution in [2.75, 3.05) is 33.4 Å². The second-order valence-electron chi connectivity index (χ2n) is 6.99. The normalized spacial score (nSPS) is 19.3. The third kappa shape index (κ3) is 4.23. The van der Waals surface area contributed by atoms with Crippen molar-refractivity contribution in [1.82, 2.24) is 9.80 Å². The van der Waals surface area contributed by atoms with Crippen LogP contribution in [0.25, 0.3) is 0 Å². The third-order valence-corrected chi connectivity index (χ3v) is 6.32. The van der Waals surface area contributed by atoms with Gasteiger partial charge in [0.15, 0.2) is 11.5 Å². The van der Waals surface area contributed by atoms with E-state index < -0.39 is 0 Å². The molecule has 27 heavy (non-hydrogen) atoms. The van der Waals surface area contributed by atoms with Crippen molar-refractivity contribution in [3.63, 3.8) is 0 Å². The second kappa shape index (κ2) is 8.09. The maximum Gasteiger partial charge on any atom is 0.236 e. The zero-order valence-corrected chi connectivity index (χ0v) is 16.9. The molecule has 2 aromatic rings. The van der Waals surface area contributed by atoms with Crippen molar-refractivity contribution < 1.29 is 14.3 Å². The molecule has 0 N–H and O–H groups in total. The average molecular weight is 407 g/mol. The van der Waals surface area contributed by atoms with E-state index in [1.165, 1.54) is 16.9 Å². The van der Waals surface area contributed by atoms with E-state index in [0.717, 1.165) is 40.1 Å². The Morgan fingerprint density at radius 3 is 2.85 bits per heavy atom. The number of carbonyl (C=O) groups is 1. The summed E-state index contributed by atoms with van der Waals surface area (Å²) >= 11 is 7.50. The highest BCUT2D eigenvalue weighted by molar-refractivity contribution is 7.16. The largest absolute Gasteiger partial charge is 0.486 e. The SMILES string of the molecule is CN(Cc1ccc(Cl)s1)C(=O)CN1CCCC1c1ccc2c(c1)OCCO2. The number of rotatable bonds is 5. The van der Waals surface area contributed by atoms with Gasteiger partial charge >= 0.3 is 0 Å². The van der Waals surface area contributed by atoms with Crippen LogP contribution in [-0.2, 0) is 11.3 Å². The number of fused-ring (bicyclic) bond motifs is 1. The molecule has 1 saturated heterocycles. The van der Waals surface area contributed by atoms with Crippen LogP contribution in [0.3, 0.4) is 0 Å². The molecule has 0 saturated carbocycles. The van der Waals surface area contributed by atoms with E-state index in [1.807, 2.05) is 25.2 Å². The van der Waals surface area contributed by atoms with E-state index >= 15 is 0 Å². The van der Waals surface area contributed by atoms with E-state index in [-0.39, 0.29) is 11.9 Å².